The number of hydrogen-bond donors (Lipinski definition) is 4. The molecule has 0 radical (unpaired) electrons. The van der Waals surface area contributed by atoms with Crippen LogP contribution in [0.25, 0.3) is 0 Å². The number of carbonyl (C=O) groups is 1. The summed E-state index contributed by atoms with van der Waals surface area (Å²) in [5.74, 6) is -0.214. The monoisotopic (exact) mass is 413 g/mol. The summed E-state index contributed by atoms with van der Waals surface area (Å²) in [4.78, 5) is 13.1. The number of benzene rings is 1. The summed E-state index contributed by atoms with van der Waals surface area (Å²) in [6, 6.07) is 7.49. The van der Waals surface area contributed by atoms with Gasteiger partial charge in [0.1, 0.15) is 10.5 Å². The second-order valence-electron chi connectivity index (χ2n) is 6.69. The van der Waals surface area contributed by atoms with Gasteiger partial charge in [-0.15, -0.1) is 0 Å². The van der Waals surface area contributed by atoms with Crippen molar-refractivity contribution in [2.75, 3.05) is 7.05 Å². The molecule has 1 rings (SSSR count). The molecule has 0 fully saturated rings. The zero-order valence-electron chi connectivity index (χ0n) is 16.5. The molecule has 3 atom stereocenters. The van der Waals surface area contributed by atoms with Gasteiger partial charge < -0.3 is 10.6 Å². The number of carbonyl (C=O) groups excluding carboxylic acids is 1. The van der Waals surface area contributed by atoms with Gasteiger partial charge in [0.25, 0.3) is 0 Å². The van der Waals surface area contributed by atoms with E-state index >= 15 is 0 Å². The van der Waals surface area contributed by atoms with Crippen molar-refractivity contribution in [3.8, 4) is 0 Å². The van der Waals surface area contributed by atoms with Gasteiger partial charge in [-0.3, -0.25) is 9.35 Å². The van der Waals surface area contributed by atoms with Gasteiger partial charge in [0.15, 0.2) is 0 Å². The summed E-state index contributed by atoms with van der Waals surface area (Å²) in [6.07, 6.45) is 3.76. The average Bonchev–Trinajstić information content (AvgIpc) is 2.63. The van der Waals surface area contributed by atoms with Crippen LogP contribution in [0.4, 0.5) is 0 Å². The number of nitrogens with one attached hydrogen (secondary N) is 3. The molecule has 1 amide bonds. The molecule has 152 valence electrons. The third-order valence-electron chi connectivity index (χ3n) is 4.61. The Bertz CT molecular complexity index is 652. The Labute approximate surface area is 170 Å². The Morgan fingerprint density at radius 1 is 1.30 bits per heavy atom. The van der Waals surface area contributed by atoms with E-state index in [-0.39, 0.29) is 23.4 Å². The molecule has 0 saturated carbocycles. The van der Waals surface area contributed by atoms with Gasteiger partial charge in [0, 0.05) is 13.1 Å². The zero-order chi connectivity index (χ0) is 20.4. The highest BCUT2D eigenvalue weighted by Crippen LogP contribution is 2.28. The summed E-state index contributed by atoms with van der Waals surface area (Å²) in [6.45, 7) is 6.10. The number of rotatable bonds is 11. The molecule has 27 heavy (non-hydrogen) atoms. The van der Waals surface area contributed by atoms with E-state index in [0.29, 0.717) is 5.56 Å². The van der Waals surface area contributed by atoms with Crippen molar-refractivity contribution in [1.29, 1.82) is 0 Å². The Morgan fingerprint density at radius 2 is 1.93 bits per heavy atom. The number of hydrogen-bond acceptors (Lipinski definition) is 3. The van der Waals surface area contributed by atoms with Crippen molar-refractivity contribution in [1.82, 2.24) is 15.4 Å². The van der Waals surface area contributed by atoms with Crippen LogP contribution < -0.4 is 15.4 Å². The van der Waals surface area contributed by atoms with Gasteiger partial charge in [-0.05, 0) is 25.3 Å². The van der Waals surface area contributed by atoms with Crippen LogP contribution in [0.2, 0.25) is 0 Å². The smallest absolute Gasteiger partial charge is 0.232 e. The van der Waals surface area contributed by atoms with Gasteiger partial charge in [0.05, 0.1) is 6.42 Å². The minimum atomic E-state index is -2.36. The molecule has 1 aromatic rings. The molecular weight excluding hydrogens is 382 g/mol. The minimum absolute atomic E-state index is 0.0787. The van der Waals surface area contributed by atoms with E-state index in [1.807, 2.05) is 38.1 Å². The molecule has 3 unspecified atom stereocenters. The second-order valence-corrected chi connectivity index (χ2v) is 7.80. The third kappa shape index (κ3) is 6.95. The molecule has 0 spiro atoms. The number of thiocarbonyl (C=S) groups is 1. The molecule has 0 bridgehead atoms. The number of aryl methyl sites for hydroxylation is 1. The number of likely N-dealkylation sites (N-methyl/N-ethyl adjacent to an activating group) is 1. The maximum absolute atomic E-state index is 12.8. The lowest BCUT2D eigenvalue weighted by Crippen LogP contribution is -2.56. The molecule has 8 heteroatoms. The average molecular weight is 414 g/mol. The zero-order valence-corrected chi connectivity index (χ0v) is 18.1. The highest BCUT2D eigenvalue weighted by Gasteiger charge is 2.40. The Balaban J connectivity index is 3.19. The van der Waals surface area contributed by atoms with E-state index < -0.39 is 16.8 Å². The van der Waals surface area contributed by atoms with Crippen LogP contribution >= 0.6 is 12.2 Å². The molecule has 0 saturated heterocycles. The van der Waals surface area contributed by atoms with Crippen LogP contribution in [0.15, 0.2) is 24.3 Å². The van der Waals surface area contributed by atoms with Crippen molar-refractivity contribution in [3.05, 3.63) is 35.4 Å². The molecular formula is C19H31N3O3S2. The van der Waals surface area contributed by atoms with E-state index in [0.717, 1.165) is 31.2 Å². The standard InChI is InChI=1S/C19H31N3O3S2/c1-5-7-8-16(6-2)21-17(23)13-19(18(26)20-4,22-27(24)25)15-11-9-14(3)10-12-15/h9-12,16,22H,5-8,13H2,1-4H3,(H,20,26)(H,21,23)(H,24,25). The van der Waals surface area contributed by atoms with Gasteiger partial charge >= 0.3 is 0 Å². The van der Waals surface area contributed by atoms with Crippen molar-refractivity contribution >= 4 is 34.4 Å². The largest absolute Gasteiger partial charge is 0.381 e. The van der Waals surface area contributed by atoms with E-state index in [1.165, 1.54) is 0 Å². The van der Waals surface area contributed by atoms with E-state index in [9.17, 15) is 13.6 Å². The second kappa shape index (κ2) is 11.5. The minimum Gasteiger partial charge on any atom is -0.381 e. The predicted octanol–water partition coefficient (Wildman–Crippen LogP) is 2.94. The maximum atomic E-state index is 12.8. The van der Waals surface area contributed by atoms with Gasteiger partial charge in [-0.1, -0.05) is 68.7 Å². The van der Waals surface area contributed by atoms with Crippen LogP contribution in [0, 0.1) is 6.92 Å². The lowest BCUT2D eigenvalue weighted by molar-refractivity contribution is -0.122. The highest BCUT2D eigenvalue weighted by molar-refractivity contribution is 7.80. The first-order chi connectivity index (χ1) is 12.8. The number of unbranched alkanes of at least 4 members (excludes halogenated alkanes) is 1. The summed E-state index contributed by atoms with van der Waals surface area (Å²) >= 11 is 3.10. The highest BCUT2D eigenvalue weighted by atomic mass is 32.2. The summed E-state index contributed by atoms with van der Waals surface area (Å²) in [7, 11) is 1.64. The topological polar surface area (TPSA) is 90.5 Å². The Morgan fingerprint density at radius 3 is 2.41 bits per heavy atom. The fraction of sp³-hybridized carbons (Fsp3) is 0.579. The maximum Gasteiger partial charge on any atom is 0.232 e. The first-order valence-electron chi connectivity index (χ1n) is 9.26. The fourth-order valence-electron chi connectivity index (χ4n) is 3.00. The molecule has 0 heterocycles. The van der Waals surface area contributed by atoms with Crippen molar-refractivity contribution in [2.45, 2.75) is 64.5 Å². The summed E-state index contributed by atoms with van der Waals surface area (Å²) in [5.41, 5.74) is 0.430. The van der Waals surface area contributed by atoms with Crippen LogP contribution in [0.3, 0.4) is 0 Å². The van der Waals surface area contributed by atoms with Gasteiger partial charge in [0.2, 0.25) is 17.2 Å². The first kappa shape index (κ1) is 23.7. The summed E-state index contributed by atoms with van der Waals surface area (Å²) < 4.78 is 23.8. The first-order valence-corrected chi connectivity index (χ1v) is 10.8. The normalized spacial score (nSPS) is 15.4. The predicted molar refractivity (Wildman–Crippen MR) is 115 cm³/mol. The Hall–Kier alpha value is -1.35. The third-order valence-corrected chi connectivity index (χ3v) is 5.69. The lowest BCUT2D eigenvalue weighted by Gasteiger charge is -2.34. The lowest BCUT2D eigenvalue weighted by atomic mass is 9.86. The Kier molecular flexibility index (Phi) is 10.1. The molecule has 0 aliphatic carbocycles. The quantitative estimate of drug-likeness (QED) is 0.331. The van der Waals surface area contributed by atoms with Crippen LogP contribution in [-0.2, 0) is 21.6 Å². The number of amides is 1. The van der Waals surface area contributed by atoms with Crippen molar-refractivity contribution < 1.29 is 13.6 Å². The fourth-order valence-corrected chi connectivity index (χ4v) is 3.90. The van der Waals surface area contributed by atoms with Crippen molar-refractivity contribution in [3.63, 3.8) is 0 Å². The van der Waals surface area contributed by atoms with Gasteiger partial charge in [-0.25, -0.2) is 4.21 Å². The summed E-state index contributed by atoms with van der Waals surface area (Å²) in [5, 5.41) is 5.92. The molecule has 0 aliphatic rings. The van der Waals surface area contributed by atoms with Crippen LogP contribution in [0.1, 0.15) is 57.1 Å². The molecule has 0 aliphatic heterocycles. The van der Waals surface area contributed by atoms with E-state index in [4.69, 9.17) is 12.2 Å². The molecule has 0 aromatic heterocycles. The van der Waals surface area contributed by atoms with E-state index in [2.05, 4.69) is 22.3 Å². The van der Waals surface area contributed by atoms with Gasteiger partial charge in [-0.2, -0.15) is 4.72 Å². The van der Waals surface area contributed by atoms with Crippen molar-refractivity contribution in [2.24, 2.45) is 0 Å². The molecule has 4 N–H and O–H groups in total. The molecule has 6 nitrogen and oxygen atoms in total. The van der Waals surface area contributed by atoms with E-state index in [1.54, 1.807) is 7.05 Å². The molecule has 1 aromatic carbocycles. The SMILES string of the molecule is CCCCC(CC)NC(=O)CC(NS(=O)O)(C(=S)NC)c1ccc(C)cc1. The van der Waals surface area contributed by atoms with Crippen LogP contribution in [0.5, 0.6) is 0 Å². The van der Waals surface area contributed by atoms with Crippen LogP contribution in [-0.4, -0.2) is 32.7 Å².